The van der Waals surface area contributed by atoms with Crippen molar-refractivity contribution in [3.05, 3.63) is 35.9 Å². The number of nitrogens with one attached hydrogen (secondary N) is 3. The number of aliphatic carboxylic acids is 1. The van der Waals surface area contributed by atoms with Crippen LogP contribution in [0.4, 0.5) is 0 Å². The van der Waals surface area contributed by atoms with Crippen LogP contribution in [0.25, 0.3) is 0 Å². The van der Waals surface area contributed by atoms with Gasteiger partial charge in [-0.3, -0.25) is 24.0 Å². The predicted molar refractivity (Wildman–Crippen MR) is 124 cm³/mol. The number of carbonyl (C=O) groups excluding carboxylic acids is 4. The largest absolute Gasteiger partial charge is 0.480 e. The van der Waals surface area contributed by atoms with Crippen LogP contribution in [0, 0.1) is 0 Å². The number of nitrogens with two attached hydrogens (primary N) is 3. The lowest BCUT2D eigenvalue weighted by molar-refractivity contribution is -0.142. The summed E-state index contributed by atoms with van der Waals surface area (Å²) in [5.74, 6) is -4.38. The van der Waals surface area contributed by atoms with Crippen molar-refractivity contribution in [2.24, 2.45) is 17.2 Å². The van der Waals surface area contributed by atoms with Gasteiger partial charge in [-0.25, -0.2) is 0 Å². The van der Waals surface area contributed by atoms with Gasteiger partial charge in [0, 0.05) is 6.42 Å². The molecule has 0 saturated carbocycles. The molecule has 0 fully saturated rings. The van der Waals surface area contributed by atoms with Crippen LogP contribution in [0.15, 0.2) is 30.3 Å². The van der Waals surface area contributed by atoms with Gasteiger partial charge in [-0.2, -0.15) is 0 Å². The summed E-state index contributed by atoms with van der Waals surface area (Å²) in [7, 11) is 0. The number of rotatable bonds is 15. The molecule has 0 heterocycles. The second-order valence-corrected chi connectivity index (χ2v) is 7.94. The second-order valence-electron chi connectivity index (χ2n) is 7.94. The number of primary amides is 1. The zero-order valence-electron chi connectivity index (χ0n) is 19.2. The van der Waals surface area contributed by atoms with E-state index < -0.39 is 60.2 Å². The molecule has 4 unspecified atom stereocenters. The molecule has 10 N–H and O–H groups in total. The molecular weight excluding hydrogens is 444 g/mol. The van der Waals surface area contributed by atoms with Crippen molar-refractivity contribution in [1.29, 1.82) is 0 Å². The highest BCUT2D eigenvalue weighted by atomic mass is 16.4. The van der Waals surface area contributed by atoms with Crippen molar-refractivity contribution < 1.29 is 29.1 Å². The zero-order valence-corrected chi connectivity index (χ0v) is 19.2. The topological polar surface area (TPSA) is 220 Å². The van der Waals surface area contributed by atoms with Gasteiger partial charge in [0.2, 0.25) is 23.6 Å². The van der Waals surface area contributed by atoms with E-state index in [9.17, 15) is 24.0 Å². The van der Waals surface area contributed by atoms with Gasteiger partial charge in [-0.1, -0.05) is 36.8 Å². The fourth-order valence-corrected chi connectivity index (χ4v) is 3.04. The van der Waals surface area contributed by atoms with Crippen molar-refractivity contribution in [3.63, 3.8) is 0 Å². The summed E-state index contributed by atoms with van der Waals surface area (Å²) < 4.78 is 0. The Hall–Kier alpha value is -3.51. The Morgan fingerprint density at radius 1 is 0.912 bits per heavy atom. The molecule has 0 saturated heterocycles. The van der Waals surface area contributed by atoms with Gasteiger partial charge in [-0.05, 0) is 31.9 Å². The lowest BCUT2D eigenvalue weighted by atomic mass is 10.0. The van der Waals surface area contributed by atoms with E-state index in [2.05, 4.69) is 16.0 Å². The first-order valence-electron chi connectivity index (χ1n) is 11.0. The van der Waals surface area contributed by atoms with Gasteiger partial charge < -0.3 is 38.3 Å². The molecule has 4 atom stereocenters. The molecular formula is C22H34N6O6. The first-order chi connectivity index (χ1) is 16.0. The van der Waals surface area contributed by atoms with Crippen LogP contribution in [0.1, 0.15) is 38.2 Å². The number of hydrogen-bond acceptors (Lipinski definition) is 7. The Labute approximate surface area is 198 Å². The summed E-state index contributed by atoms with van der Waals surface area (Å²) in [6.07, 6.45) is 1.25. The third-order valence-corrected chi connectivity index (χ3v) is 4.99. The number of carboxylic acids is 1. The summed E-state index contributed by atoms with van der Waals surface area (Å²) in [5, 5.41) is 16.2. The first-order valence-corrected chi connectivity index (χ1v) is 11.0. The monoisotopic (exact) mass is 478 g/mol. The van der Waals surface area contributed by atoms with Crippen molar-refractivity contribution >= 4 is 29.6 Å². The Morgan fingerprint density at radius 3 is 2.06 bits per heavy atom. The molecule has 34 heavy (non-hydrogen) atoms. The van der Waals surface area contributed by atoms with Gasteiger partial charge >= 0.3 is 5.97 Å². The average Bonchev–Trinajstić information content (AvgIpc) is 2.78. The molecule has 1 rings (SSSR count). The quantitative estimate of drug-likeness (QED) is 0.141. The number of unbranched alkanes of at least 4 members (excludes halogenated alkanes) is 1. The molecule has 4 amide bonds. The predicted octanol–water partition coefficient (Wildman–Crippen LogP) is -1.88. The Bertz CT molecular complexity index is 850. The van der Waals surface area contributed by atoms with Gasteiger partial charge in [-0.15, -0.1) is 0 Å². The number of benzene rings is 1. The van der Waals surface area contributed by atoms with Crippen LogP contribution in [0.5, 0.6) is 0 Å². The average molecular weight is 479 g/mol. The summed E-state index contributed by atoms with van der Waals surface area (Å²) in [4.78, 5) is 60.6. The number of carbonyl (C=O) groups is 5. The van der Waals surface area contributed by atoms with Crippen LogP contribution >= 0.6 is 0 Å². The smallest absolute Gasteiger partial charge is 0.325 e. The Kier molecular flexibility index (Phi) is 12.2. The fourth-order valence-electron chi connectivity index (χ4n) is 3.04. The minimum absolute atomic E-state index is 0.0877. The molecule has 0 aliphatic carbocycles. The standard InChI is InChI=1S/C22H34N6O6/c1-13(22(33)34)26-20(31)17(12-18(25)29)28-21(32)16(11-14-7-3-2-4-8-14)27-19(30)15(24)9-5-6-10-23/h2-4,7-8,13,15-17H,5-6,9-12,23-24H2,1H3,(H2,25,29)(H,26,31)(H,27,30)(H,28,32)(H,33,34). The highest BCUT2D eigenvalue weighted by Crippen LogP contribution is 2.06. The maximum Gasteiger partial charge on any atom is 0.325 e. The maximum atomic E-state index is 13.1. The molecule has 12 nitrogen and oxygen atoms in total. The Morgan fingerprint density at radius 2 is 1.50 bits per heavy atom. The SMILES string of the molecule is CC(NC(=O)C(CC(N)=O)NC(=O)C(Cc1ccccc1)NC(=O)C(N)CCCCN)C(=O)O. The molecule has 188 valence electrons. The molecule has 12 heteroatoms. The van der Waals surface area contributed by atoms with E-state index in [0.29, 0.717) is 25.8 Å². The highest BCUT2D eigenvalue weighted by molar-refractivity contribution is 5.96. The molecule has 0 aromatic heterocycles. The van der Waals surface area contributed by atoms with Crippen LogP contribution in [-0.2, 0) is 30.4 Å². The Balaban J connectivity index is 3.01. The normalized spacial score (nSPS) is 14.2. The summed E-state index contributed by atoms with van der Waals surface area (Å²) in [5.41, 5.74) is 17.3. The summed E-state index contributed by atoms with van der Waals surface area (Å²) in [6, 6.07) is 4.18. The lowest BCUT2D eigenvalue weighted by Gasteiger charge is -2.24. The third-order valence-electron chi connectivity index (χ3n) is 4.99. The lowest BCUT2D eigenvalue weighted by Crippen LogP contribution is -2.58. The van der Waals surface area contributed by atoms with Crippen LogP contribution < -0.4 is 33.2 Å². The fraction of sp³-hybridized carbons (Fsp3) is 0.500. The van der Waals surface area contributed by atoms with Crippen molar-refractivity contribution in [1.82, 2.24) is 16.0 Å². The van der Waals surface area contributed by atoms with Gasteiger partial charge in [0.15, 0.2) is 0 Å². The van der Waals surface area contributed by atoms with Gasteiger partial charge in [0.05, 0.1) is 12.5 Å². The van der Waals surface area contributed by atoms with Crippen molar-refractivity contribution in [2.75, 3.05) is 6.54 Å². The summed E-state index contributed by atoms with van der Waals surface area (Å²) in [6.45, 7) is 1.70. The van der Waals surface area contributed by atoms with Gasteiger partial charge in [0.25, 0.3) is 0 Å². The highest BCUT2D eigenvalue weighted by Gasteiger charge is 2.30. The molecule has 0 spiro atoms. The van der Waals surface area contributed by atoms with E-state index in [4.69, 9.17) is 22.3 Å². The van der Waals surface area contributed by atoms with Crippen molar-refractivity contribution in [2.45, 2.75) is 63.2 Å². The van der Waals surface area contributed by atoms with E-state index >= 15 is 0 Å². The maximum absolute atomic E-state index is 13.1. The second kappa shape index (κ2) is 14.6. The van der Waals surface area contributed by atoms with Crippen molar-refractivity contribution in [3.8, 4) is 0 Å². The molecule has 0 bridgehead atoms. The number of hydrogen-bond donors (Lipinski definition) is 7. The van der Waals surface area contributed by atoms with E-state index in [1.165, 1.54) is 6.92 Å². The van der Waals surface area contributed by atoms with Gasteiger partial charge in [0.1, 0.15) is 18.1 Å². The number of amides is 4. The van der Waals surface area contributed by atoms with Crippen LogP contribution in [-0.4, -0.2) is 65.4 Å². The van der Waals surface area contributed by atoms with E-state index in [1.54, 1.807) is 30.3 Å². The van der Waals surface area contributed by atoms with Crippen LogP contribution in [0.2, 0.25) is 0 Å². The van der Waals surface area contributed by atoms with Crippen LogP contribution in [0.3, 0.4) is 0 Å². The summed E-state index contributed by atoms with van der Waals surface area (Å²) >= 11 is 0. The van der Waals surface area contributed by atoms with E-state index in [1.807, 2.05) is 0 Å². The van der Waals surface area contributed by atoms with E-state index in [-0.39, 0.29) is 6.42 Å². The molecule has 1 aromatic rings. The zero-order chi connectivity index (χ0) is 25.7. The molecule has 1 aromatic carbocycles. The number of carboxylic acid groups (broad SMARTS) is 1. The molecule has 0 aliphatic rings. The third kappa shape index (κ3) is 10.4. The minimum atomic E-state index is -1.43. The first kappa shape index (κ1) is 28.5. The molecule has 0 aliphatic heterocycles. The van der Waals surface area contributed by atoms with E-state index in [0.717, 1.165) is 5.56 Å². The molecule has 0 radical (unpaired) electrons. The minimum Gasteiger partial charge on any atom is -0.480 e.